The molecule has 4 unspecified atom stereocenters. The predicted octanol–water partition coefficient (Wildman–Crippen LogP) is 6.31. The highest BCUT2D eigenvalue weighted by atomic mass is 19.2. The zero-order valence-electron chi connectivity index (χ0n) is 14.6. The van der Waals surface area contributed by atoms with Crippen LogP contribution in [0.3, 0.4) is 0 Å². The molecule has 1 fully saturated rings. The molecule has 0 aliphatic heterocycles. The summed E-state index contributed by atoms with van der Waals surface area (Å²) in [6.07, 6.45) is 10.8. The molecule has 0 N–H and O–H groups in total. The maximum Gasteiger partial charge on any atom is 0.162 e. The first kappa shape index (κ1) is 16.9. The van der Waals surface area contributed by atoms with Crippen LogP contribution >= 0.6 is 0 Å². The Balaban J connectivity index is 1.75. The quantitative estimate of drug-likeness (QED) is 0.609. The van der Waals surface area contributed by atoms with Gasteiger partial charge in [-0.15, -0.1) is 0 Å². The lowest BCUT2D eigenvalue weighted by Gasteiger charge is -2.41. The fourth-order valence-corrected chi connectivity index (χ4v) is 5.25. The lowest BCUT2D eigenvalue weighted by molar-refractivity contribution is 0.111. The van der Waals surface area contributed by atoms with Crippen LogP contribution in [-0.2, 0) is 12.8 Å². The van der Waals surface area contributed by atoms with Gasteiger partial charge in [-0.25, -0.2) is 8.78 Å². The van der Waals surface area contributed by atoms with Crippen LogP contribution < -0.4 is 0 Å². The van der Waals surface area contributed by atoms with Crippen LogP contribution in [0.15, 0.2) is 12.1 Å². The van der Waals surface area contributed by atoms with Crippen LogP contribution in [0.1, 0.15) is 69.9 Å². The first-order valence-electron chi connectivity index (χ1n) is 9.57. The van der Waals surface area contributed by atoms with Gasteiger partial charge in [0.2, 0.25) is 0 Å². The molecule has 0 heterocycles. The van der Waals surface area contributed by atoms with E-state index >= 15 is 0 Å². The standard InChI is InChI=1S/C21H30F2/c1-3-6-15-7-4-5-8-18(15)14(2)17-10-9-16-11-12-20(22)21(23)19(16)13-17/h11-12,14-15,17-18H,3-10,13H2,1-2H3. The van der Waals surface area contributed by atoms with Gasteiger partial charge in [-0.2, -0.15) is 0 Å². The molecule has 1 aromatic rings. The van der Waals surface area contributed by atoms with Gasteiger partial charge in [-0.1, -0.05) is 52.0 Å². The van der Waals surface area contributed by atoms with Crippen LogP contribution in [0.4, 0.5) is 8.78 Å². The van der Waals surface area contributed by atoms with Gasteiger partial charge in [0.1, 0.15) is 0 Å². The fourth-order valence-electron chi connectivity index (χ4n) is 5.25. The molecule has 0 nitrogen and oxygen atoms in total. The van der Waals surface area contributed by atoms with E-state index in [1.807, 2.05) is 0 Å². The average Bonchev–Trinajstić information content (AvgIpc) is 2.58. The molecular formula is C21H30F2. The molecule has 1 saturated carbocycles. The second-order valence-electron chi connectivity index (χ2n) is 7.86. The summed E-state index contributed by atoms with van der Waals surface area (Å²) in [6.45, 7) is 4.66. The van der Waals surface area contributed by atoms with Crippen molar-refractivity contribution in [2.45, 2.75) is 71.6 Å². The average molecular weight is 320 g/mol. The monoisotopic (exact) mass is 320 g/mol. The van der Waals surface area contributed by atoms with E-state index in [-0.39, 0.29) is 0 Å². The number of halogens is 2. The zero-order chi connectivity index (χ0) is 16.4. The second kappa shape index (κ2) is 7.32. The van der Waals surface area contributed by atoms with Gasteiger partial charge in [0, 0.05) is 0 Å². The third-order valence-corrected chi connectivity index (χ3v) is 6.59. The Morgan fingerprint density at radius 3 is 2.70 bits per heavy atom. The number of hydrogen-bond donors (Lipinski definition) is 0. The summed E-state index contributed by atoms with van der Waals surface area (Å²) in [5, 5.41) is 0. The SMILES string of the molecule is CCCC1CCCCC1C(C)C1CCc2ccc(F)c(F)c2C1. The lowest BCUT2D eigenvalue weighted by atomic mass is 9.65. The van der Waals surface area contributed by atoms with Gasteiger partial charge in [-0.05, 0) is 66.5 Å². The topological polar surface area (TPSA) is 0 Å². The third kappa shape index (κ3) is 3.46. The molecule has 2 aliphatic carbocycles. The van der Waals surface area contributed by atoms with E-state index in [2.05, 4.69) is 13.8 Å². The van der Waals surface area contributed by atoms with Crippen molar-refractivity contribution >= 4 is 0 Å². The summed E-state index contributed by atoms with van der Waals surface area (Å²) in [5.74, 6) is 1.50. The number of rotatable bonds is 4. The molecule has 2 aliphatic rings. The Morgan fingerprint density at radius 1 is 1.13 bits per heavy atom. The van der Waals surface area contributed by atoms with Crippen LogP contribution in [-0.4, -0.2) is 0 Å². The van der Waals surface area contributed by atoms with Crippen LogP contribution in [0.2, 0.25) is 0 Å². The van der Waals surface area contributed by atoms with Crippen molar-refractivity contribution < 1.29 is 8.78 Å². The summed E-state index contributed by atoms with van der Waals surface area (Å²) in [4.78, 5) is 0. The van der Waals surface area contributed by atoms with Crippen molar-refractivity contribution in [2.24, 2.45) is 23.7 Å². The minimum absolute atomic E-state index is 0.515. The molecule has 2 heteroatoms. The highest BCUT2D eigenvalue weighted by Crippen LogP contribution is 2.43. The van der Waals surface area contributed by atoms with E-state index in [0.29, 0.717) is 17.4 Å². The fraction of sp³-hybridized carbons (Fsp3) is 0.714. The summed E-state index contributed by atoms with van der Waals surface area (Å²) in [7, 11) is 0. The van der Waals surface area contributed by atoms with Crippen molar-refractivity contribution in [2.75, 3.05) is 0 Å². The summed E-state index contributed by atoms with van der Waals surface area (Å²) in [5.41, 5.74) is 1.69. The summed E-state index contributed by atoms with van der Waals surface area (Å²) >= 11 is 0. The lowest BCUT2D eigenvalue weighted by Crippen LogP contribution is -2.33. The van der Waals surface area contributed by atoms with Crippen LogP contribution in [0.25, 0.3) is 0 Å². The van der Waals surface area contributed by atoms with E-state index in [4.69, 9.17) is 0 Å². The van der Waals surface area contributed by atoms with Gasteiger partial charge in [0.05, 0.1) is 0 Å². The Kier molecular flexibility index (Phi) is 5.38. The van der Waals surface area contributed by atoms with Gasteiger partial charge in [-0.3, -0.25) is 0 Å². The van der Waals surface area contributed by atoms with Crippen molar-refractivity contribution in [1.82, 2.24) is 0 Å². The zero-order valence-corrected chi connectivity index (χ0v) is 14.6. The van der Waals surface area contributed by atoms with E-state index in [0.717, 1.165) is 36.7 Å². The van der Waals surface area contributed by atoms with Crippen LogP contribution in [0.5, 0.6) is 0 Å². The molecule has 0 aromatic heterocycles. The molecule has 0 saturated heterocycles. The molecule has 0 bridgehead atoms. The molecule has 23 heavy (non-hydrogen) atoms. The van der Waals surface area contributed by atoms with Crippen LogP contribution in [0, 0.1) is 35.3 Å². The highest BCUT2D eigenvalue weighted by Gasteiger charge is 2.35. The molecule has 1 aromatic carbocycles. The van der Waals surface area contributed by atoms with Crippen molar-refractivity contribution in [3.05, 3.63) is 34.9 Å². The normalized spacial score (nSPS) is 29.1. The van der Waals surface area contributed by atoms with Crippen molar-refractivity contribution in [3.63, 3.8) is 0 Å². The number of aryl methyl sites for hydroxylation is 1. The molecule has 0 spiro atoms. The van der Waals surface area contributed by atoms with Crippen molar-refractivity contribution in [3.8, 4) is 0 Å². The summed E-state index contributed by atoms with van der Waals surface area (Å²) in [6, 6.07) is 3.07. The Labute approximate surface area is 139 Å². The molecule has 3 rings (SSSR count). The molecule has 0 radical (unpaired) electrons. The van der Waals surface area contributed by atoms with E-state index in [1.54, 1.807) is 6.07 Å². The number of benzene rings is 1. The minimum atomic E-state index is -0.682. The largest absolute Gasteiger partial charge is 0.204 e. The number of hydrogen-bond acceptors (Lipinski definition) is 0. The Bertz CT molecular complexity index is 535. The second-order valence-corrected chi connectivity index (χ2v) is 7.86. The van der Waals surface area contributed by atoms with Gasteiger partial charge < -0.3 is 0 Å². The maximum atomic E-state index is 14.2. The summed E-state index contributed by atoms with van der Waals surface area (Å²) < 4.78 is 27.8. The smallest absolute Gasteiger partial charge is 0.162 e. The first-order chi connectivity index (χ1) is 11.1. The maximum absolute atomic E-state index is 14.2. The van der Waals surface area contributed by atoms with Gasteiger partial charge in [0.15, 0.2) is 11.6 Å². The van der Waals surface area contributed by atoms with Gasteiger partial charge >= 0.3 is 0 Å². The van der Waals surface area contributed by atoms with E-state index in [9.17, 15) is 8.78 Å². The van der Waals surface area contributed by atoms with E-state index < -0.39 is 11.6 Å². The van der Waals surface area contributed by atoms with Gasteiger partial charge in [0.25, 0.3) is 0 Å². The van der Waals surface area contributed by atoms with E-state index in [1.165, 1.54) is 44.6 Å². The molecule has 0 amide bonds. The Morgan fingerprint density at radius 2 is 1.91 bits per heavy atom. The first-order valence-corrected chi connectivity index (χ1v) is 9.57. The molecular weight excluding hydrogens is 290 g/mol. The number of fused-ring (bicyclic) bond motifs is 1. The highest BCUT2D eigenvalue weighted by molar-refractivity contribution is 5.32. The third-order valence-electron chi connectivity index (χ3n) is 6.59. The molecule has 128 valence electrons. The van der Waals surface area contributed by atoms with Crippen molar-refractivity contribution in [1.29, 1.82) is 0 Å². The minimum Gasteiger partial charge on any atom is -0.204 e. The Hall–Kier alpha value is -0.920. The predicted molar refractivity (Wildman–Crippen MR) is 91.4 cm³/mol. The molecule has 4 atom stereocenters.